The van der Waals surface area contributed by atoms with E-state index in [-0.39, 0.29) is 33.8 Å². The highest BCUT2D eigenvalue weighted by Gasteiger charge is 2.16. The van der Waals surface area contributed by atoms with E-state index in [2.05, 4.69) is 15.6 Å². The molecule has 0 saturated carbocycles. The van der Waals surface area contributed by atoms with Gasteiger partial charge in [0.05, 0.1) is 13.2 Å². The molecule has 0 atom stereocenters. The van der Waals surface area contributed by atoms with Crippen molar-refractivity contribution in [2.24, 2.45) is 0 Å². The molecule has 9 nitrogen and oxygen atoms in total. The van der Waals surface area contributed by atoms with Crippen molar-refractivity contribution in [3.8, 4) is 0 Å². The Hall–Kier alpha value is -2.68. The number of unbranched alkanes of at least 4 members (excludes halogenated alkanes) is 3. The first-order valence-corrected chi connectivity index (χ1v) is 9.88. The lowest BCUT2D eigenvalue weighted by atomic mass is 10.2. The molecule has 1 aromatic heterocycles. The van der Waals surface area contributed by atoms with Crippen LogP contribution in [-0.4, -0.2) is 74.3 Å². The van der Waals surface area contributed by atoms with Crippen molar-refractivity contribution in [3.05, 3.63) is 30.1 Å². The van der Waals surface area contributed by atoms with Gasteiger partial charge in [0.25, 0.3) is 5.91 Å². The molecule has 172 valence electrons. The Morgan fingerprint density at radius 2 is 1.60 bits per heavy atom. The van der Waals surface area contributed by atoms with Crippen LogP contribution >= 0.6 is 0 Å². The van der Waals surface area contributed by atoms with Crippen LogP contribution in [0.3, 0.4) is 0 Å². The topological polar surface area (TPSA) is 110 Å². The lowest BCUT2D eigenvalue weighted by molar-refractivity contribution is -0.118. The number of hydrogen-bond acceptors (Lipinski definition) is 6. The van der Waals surface area contributed by atoms with Crippen LogP contribution in [0.4, 0.5) is 4.79 Å². The van der Waals surface area contributed by atoms with Crippen LogP contribution < -0.4 is 10.6 Å². The third-order valence-electron chi connectivity index (χ3n) is 4.12. The number of methoxy groups -OCH3 is 1. The SMILES string of the molecule is C.COCCN(CCOC(=O)NCCCCCCNC(C)=O)C(=O)c1ccncc1.[2HH]. The van der Waals surface area contributed by atoms with Crippen molar-refractivity contribution in [2.45, 2.75) is 40.0 Å². The van der Waals surface area contributed by atoms with E-state index in [0.717, 1.165) is 25.7 Å². The summed E-state index contributed by atoms with van der Waals surface area (Å²) in [6.45, 7) is 3.89. The van der Waals surface area contributed by atoms with Crippen LogP contribution in [0.2, 0.25) is 0 Å². The number of rotatable bonds is 14. The molecule has 0 aliphatic carbocycles. The summed E-state index contributed by atoms with van der Waals surface area (Å²) in [7, 11) is 1.57. The van der Waals surface area contributed by atoms with Gasteiger partial charge in [-0.15, -0.1) is 0 Å². The van der Waals surface area contributed by atoms with Crippen molar-refractivity contribution >= 4 is 17.9 Å². The summed E-state index contributed by atoms with van der Waals surface area (Å²) < 4.78 is 10.2. The lowest BCUT2D eigenvalue weighted by Crippen LogP contribution is -2.37. The van der Waals surface area contributed by atoms with Gasteiger partial charge in [-0.1, -0.05) is 20.3 Å². The minimum atomic E-state index is -0.494. The molecule has 0 bridgehead atoms. The average Bonchev–Trinajstić information content (AvgIpc) is 2.72. The standard InChI is InChI=1S/C20H32N4O5.CH4.H2/c1-17(25)22-9-5-3-4-6-10-23-20(27)29-16-14-24(13-15-28-2)19(26)18-7-11-21-12-8-18;;/h7-8,11-12H,3-6,9-10,13-16H2,1-2H3,(H,22,25)(H,23,27);1H4;1H/i;;1+1. The molecular formula is C21H38N4O5. The first kappa shape index (κ1) is 27.3. The van der Waals surface area contributed by atoms with E-state index in [9.17, 15) is 14.4 Å². The fourth-order valence-corrected chi connectivity index (χ4v) is 2.55. The Kier molecular flexibility index (Phi) is 15.7. The van der Waals surface area contributed by atoms with E-state index in [1.165, 1.54) is 6.92 Å². The smallest absolute Gasteiger partial charge is 0.407 e. The molecule has 0 radical (unpaired) electrons. The van der Waals surface area contributed by atoms with Gasteiger partial charge in [-0.3, -0.25) is 14.6 Å². The Balaban J connectivity index is 0. The molecule has 0 aliphatic rings. The second-order valence-electron chi connectivity index (χ2n) is 6.48. The Labute approximate surface area is 181 Å². The number of aromatic nitrogens is 1. The summed E-state index contributed by atoms with van der Waals surface area (Å²) in [6, 6.07) is 3.29. The van der Waals surface area contributed by atoms with Crippen LogP contribution in [-0.2, 0) is 14.3 Å². The van der Waals surface area contributed by atoms with Gasteiger partial charge in [-0.25, -0.2) is 4.79 Å². The van der Waals surface area contributed by atoms with E-state index < -0.39 is 6.09 Å². The second-order valence-corrected chi connectivity index (χ2v) is 6.48. The van der Waals surface area contributed by atoms with Gasteiger partial charge in [0.1, 0.15) is 6.61 Å². The van der Waals surface area contributed by atoms with Gasteiger partial charge in [-0.05, 0) is 25.0 Å². The maximum atomic E-state index is 12.5. The average molecular weight is 428 g/mol. The molecule has 0 unspecified atom stereocenters. The molecule has 1 rings (SSSR count). The van der Waals surface area contributed by atoms with Crippen molar-refractivity contribution in [3.63, 3.8) is 0 Å². The van der Waals surface area contributed by atoms with Gasteiger partial charge < -0.3 is 25.0 Å². The van der Waals surface area contributed by atoms with Crippen LogP contribution in [0, 0.1) is 0 Å². The van der Waals surface area contributed by atoms with E-state index in [1.54, 1.807) is 36.5 Å². The number of pyridine rings is 1. The number of carbonyl (C=O) groups excluding carboxylic acids is 3. The largest absolute Gasteiger partial charge is 0.448 e. The molecular weight excluding hydrogens is 388 g/mol. The predicted molar refractivity (Wildman–Crippen MR) is 117 cm³/mol. The number of amides is 3. The summed E-state index contributed by atoms with van der Waals surface area (Å²) in [5, 5.41) is 5.45. The molecule has 0 aromatic carbocycles. The molecule has 9 heteroatoms. The van der Waals surface area contributed by atoms with Crippen molar-refractivity contribution in [1.82, 2.24) is 20.5 Å². The zero-order valence-corrected chi connectivity index (χ0v) is 17.3. The maximum Gasteiger partial charge on any atom is 0.407 e. The first-order chi connectivity index (χ1) is 14.0. The fraction of sp³-hybridized carbons (Fsp3) is 0.619. The van der Waals surface area contributed by atoms with Gasteiger partial charge in [0.2, 0.25) is 5.91 Å². The van der Waals surface area contributed by atoms with Crippen molar-refractivity contribution < 1.29 is 25.3 Å². The molecule has 30 heavy (non-hydrogen) atoms. The Morgan fingerprint density at radius 1 is 1.00 bits per heavy atom. The minimum Gasteiger partial charge on any atom is -0.448 e. The van der Waals surface area contributed by atoms with Crippen LogP contribution in [0.25, 0.3) is 0 Å². The van der Waals surface area contributed by atoms with Crippen LogP contribution in [0.15, 0.2) is 24.5 Å². The summed E-state index contributed by atoms with van der Waals surface area (Å²) >= 11 is 0. The fourth-order valence-electron chi connectivity index (χ4n) is 2.55. The summed E-state index contributed by atoms with van der Waals surface area (Å²) in [5.41, 5.74) is 0.527. The number of carbonyl (C=O) groups is 3. The summed E-state index contributed by atoms with van der Waals surface area (Å²) in [6.07, 6.45) is 6.35. The van der Waals surface area contributed by atoms with E-state index in [0.29, 0.717) is 31.8 Å². The van der Waals surface area contributed by atoms with E-state index >= 15 is 0 Å². The van der Waals surface area contributed by atoms with Crippen LogP contribution in [0.1, 0.15) is 51.8 Å². The lowest BCUT2D eigenvalue weighted by Gasteiger charge is -2.22. The molecule has 3 amide bonds. The third kappa shape index (κ3) is 12.7. The first-order valence-electron chi connectivity index (χ1n) is 9.88. The number of nitrogens with zero attached hydrogens (tertiary/aromatic N) is 2. The molecule has 0 spiro atoms. The summed E-state index contributed by atoms with van der Waals surface area (Å²) in [4.78, 5) is 40.6. The quantitative estimate of drug-likeness (QED) is 0.441. The molecule has 2 N–H and O–H groups in total. The minimum absolute atomic E-state index is 0. The predicted octanol–water partition coefficient (Wildman–Crippen LogP) is 2.48. The van der Waals surface area contributed by atoms with Crippen molar-refractivity contribution in [2.75, 3.05) is 46.5 Å². The molecule has 1 heterocycles. The maximum absolute atomic E-state index is 12.5. The molecule has 0 fully saturated rings. The normalized spacial score (nSPS) is 9.93. The van der Waals surface area contributed by atoms with E-state index in [1.807, 2.05) is 0 Å². The number of alkyl carbamates (subject to hydrolysis) is 1. The number of nitrogens with one attached hydrogen (secondary N) is 2. The Bertz CT molecular complexity index is 619. The monoisotopic (exact) mass is 427 g/mol. The third-order valence-corrected chi connectivity index (χ3v) is 4.12. The summed E-state index contributed by atoms with van der Waals surface area (Å²) in [5.74, 6) is -0.176. The van der Waals surface area contributed by atoms with Crippen molar-refractivity contribution in [1.29, 1.82) is 0 Å². The van der Waals surface area contributed by atoms with Gasteiger partial charge in [0, 0.05) is 53.1 Å². The molecule has 0 saturated heterocycles. The molecule has 1 aromatic rings. The highest BCUT2D eigenvalue weighted by atomic mass is 16.5. The van der Waals surface area contributed by atoms with E-state index in [4.69, 9.17) is 9.47 Å². The van der Waals surface area contributed by atoms with Gasteiger partial charge >= 0.3 is 6.09 Å². The van der Waals surface area contributed by atoms with Gasteiger partial charge in [-0.2, -0.15) is 0 Å². The van der Waals surface area contributed by atoms with Crippen LogP contribution in [0.5, 0.6) is 0 Å². The Morgan fingerprint density at radius 3 is 2.20 bits per heavy atom. The highest BCUT2D eigenvalue weighted by Crippen LogP contribution is 2.04. The second kappa shape index (κ2) is 17.2. The number of ether oxygens (including phenoxy) is 2. The molecule has 0 aliphatic heterocycles. The zero-order chi connectivity index (χ0) is 21.3. The number of hydrogen-bond donors (Lipinski definition) is 2. The van der Waals surface area contributed by atoms with Gasteiger partial charge in [0.15, 0.2) is 0 Å². The zero-order valence-electron chi connectivity index (χ0n) is 17.3. The highest BCUT2D eigenvalue weighted by molar-refractivity contribution is 5.94.